The predicted octanol–water partition coefficient (Wildman–Crippen LogP) is 4.80. The van der Waals surface area contributed by atoms with Gasteiger partial charge in [-0.15, -0.1) is 0 Å². The molecule has 0 saturated heterocycles. The largest absolute Gasteiger partial charge is 0.481 e. The van der Waals surface area contributed by atoms with E-state index in [1.807, 2.05) is 51.4 Å². The maximum absolute atomic E-state index is 13.0. The number of carbonyl (C=O) groups is 1. The molecule has 1 N–H and O–H groups in total. The summed E-state index contributed by atoms with van der Waals surface area (Å²) in [5.74, 6) is 0.704. The molecule has 1 aliphatic rings. The van der Waals surface area contributed by atoms with E-state index in [-0.39, 0.29) is 11.9 Å². The third-order valence-corrected chi connectivity index (χ3v) is 5.72. The van der Waals surface area contributed by atoms with Crippen molar-refractivity contribution in [3.63, 3.8) is 0 Å². The SMILES string of the molecule is CCC(Oc1ccc2c(c1)CCC2)C(=O)NC(CCN(C)C)c1ccc(Cl)cc1. The van der Waals surface area contributed by atoms with Crippen molar-refractivity contribution in [1.29, 1.82) is 0 Å². The van der Waals surface area contributed by atoms with Gasteiger partial charge in [-0.1, -0.05) is 36.7 Å². The molecule has 2 aromatic rings. The molecule has 0 saturated carbocycles. The summed E-state index contributed by atoms with van der Waals surface area (Å²) in [6.45, 7) is 2.85. The van der Waals surface area contributed by atoms with Crippen molar-refractivity contribution < 1.29 is 9.53 Å². The van der Waals surface area contributed by atoms with Crippen molar-refractivity contribution in [1.82, 2.24) is 10.2 Å². The van der Waals surface area contributed by atoms with Gasteiger partial charge in [0.1, 0.15) is 5.75 Å². The molecule has 4 nitrogen and oxygen atoms in total. The van der Waals surface area contributed by atoms with Crippen molar-refractivity contribution in [3.05, 3.63) is 64.2 Å². The summed E-state index contributed by atoms with van der Waals surface area (Å²) in [6, 6.07) is 13.8. The standard InChI is InChI=1S/C24H31ClN2O2/c1-4-23(29-21-13-10-17-6-5-7-19(17)16-21)24(28)26-22(14-15-27(2)3)18-8-11-20(25)12-9-18/h8-13,16,22-23H,4-7,14-15H2,1-3H3,(H,26,28). The lowest BCUT2D eigenvalue weighted by atomic mass is 10.0. The van der Waals surface area contributed by atoms with E-state index in [1.54, 1.807) is 0 Å². The molecular formula is C24H31ClN2O2. The Morgan fingerprint density at radius 2 is 1.86 bits per heavy atom. The van der Waals surface area contributed by atoms with Gasteiger partial charge in [-0.3, -0.25) is 4.79 Å². The molecule has 0 fully saturated rings. The lowest BCUT2D eigenvalue weighted by Crippen LogP contribution is -2.40. The molecular weight excluding hydrogens is 384 g/mol. The van der Waals surface area contributed by atoms with E-state index in [0.717, 1.165) is 37.1 Å². The number of nitrogens with zero attached hydrogens (tertiary/aromatic N) is 1. The number of rotatable bonds is 9. The van der Waals surface area contributed by atoms with Gasteiger partial charge in [0.2, 0.25) is 0 Å². The Kier molecular flexibility index (Phi) is 7.57. The van der Waals surface area contributed by atoms with Crippen LogP contribution in [-0.4, -0.2) is 37.6 Å². The summed E-state index contributed by atoms with van der Waals surface area (Å²) in [7, 11) is 4.07. The molecule has 5 heteroatoms. The van der Waals surface area contributed by atoms with Gasteiger partial charge in [0.05, 0.1) is 6.04 Å². The van der Waals surface area contributed by atoms with Crippen molar-refractivity contribution in [2.45, 2.75) is 51.2 Å². The van der Waals surface area contributed by atoms with Gasteiger partial charge in [0, 0.05) is 5.02 Å². The zero-order valence-electron chi connectivity index (χ0n) is 17.6. The molecule has 1 amide bonds. The first-order valence-electron chi connectivity index (χ1n) is 10.4. The van der Waals surface area contributed by atoms with Crippen molar-refractivity contribution in [2.24, 2.45) is 0 Å². The van der Waals surface area contributed by atoms with Crippen LogP contribution in [0.3, 0.4) is 0 Å². The molecule has 3 rings (SSSR count). The van der Waals surface area contributed by atoms with Gasteiger partial charge in [-0.05, 0) is 93.7 Å². The number of benzene rings is 2. The Bertz CT molecular complexity index is 820. The van der Waals surface area contributed by atoms with Crippen LogP contribution in [0.4, 0.5) is 0 Å². The van der Waals surface area contributed by atoms with Crippen LogP contribution in [0, 0.1) is 0 Å². The second-order valence-electron chi connectivity index (χ2n) is 8.00. The van der Waals surface area contributed by atoms with Crippen molar-refractivity contribution >= 4 is 17.5 Å². The number of fused-ring (bicyclic) bond motifs is 1. The summed E-state index contributed by atoms with van der Waals surface area (Å²) in [5, 5.41) is 3.89. The average Bonchev–Trinajstić information content (AvgIpc) is 3.17. The van der Waals surface area contributed by atoms with Crippen LogP contribution in [0.15, 0.2) is 42.5 Å². The Morgan fingerprint density at radius 1 is 1.14 bits per heavy atom. The minimum absolute atomic E-state index is 0.0771. The van der Waals surface area contributed by atoms with E-state index in [2.05, 4.69) is 22.3 Å². The summed E-state index contributed by atoms with van der Waals surface area (Å²) < 4.78 is 6.09. The van der Waals surface area contributed by atoms with Crippen LogP contribution in [0.2, 0.25) is 5.02 Å². The highest BCUT2D eigenvalue weighted by atomic mass is 35.5. The molecule has 2 unspecified atom stereocenters. The molecule has 156 valence electrons. The highest BCUT2D eigenvalue weighted by molar-refractivity contribution is 6.30. The monoisotopic (exact) mass is 414 g/mol. The molecule has 0 aromatic heterocycles. The summed E-state index contributed by atoms with van der Waals surface area (Å²) >= 11 is 6.04. The molecule has 0 heterocycles. The van der Waals surface area contributed by atoms with Crippen LogP contribution >= 0.6 is 11.6 Å². The number of halogens is 1. The minimum atomic E-state index is -0.511. The van der Waals surface area contributed by atoms with Gasteiger partial charge in [0.15, 0.2) is 6.10 Å². The Balaban J connectivity index is 1.69. The summed E-state index contributed by atoms with van der Waals surface area (Å²) in [6.07, 6.45) is 4.36. The smallest absolute Gasteiger partial charge is 0.261 e. The van der Waals surface area contributed by atoms with E-state index in [0.29, 0.717) is 11.4 Å². The second kappa shape index (κ2) is 10.1. The highest BCUT2D eigenvalue weighted by Gasteiger charge is 2.23. The topological polar surface area (TPSA) is 41.6 Å². The first-order chi connectivity index (χ1) is 14.0. The van der Waals surface area contributed by atoms with Crippen molar-refractivity contribution in [2.75, 3.05) is 20.6 Å². The van der Waals surface area contributed by atoms with Crippen LogP contribution in [0.1, 0.15) is 48.9 Å². The number of nitrogens with one attached hydrogen (secondary N) is 1. The third kappa shape index (κ3) is 5.97. The van der Waals surface area contributed by atoms with Gasteiger partial charge in [-0.25, -0.2) is 0 Å². The zero-order valence-corrected chi connectivity index (χ0v) is 18.3. The molecule has 0 aliphatic heterocycles. The number of hydrogen-bond donors (Lipinski definition) is 1. The normalized spacial score (nSPS) is 15.1. The predicted molar refractivity (Wildman–Crippen MR) is 119 cm³/mol. The summed E-state index contributed by atoms with van der Waals surface area (Å²) in [4.78, 5) is 15.2. The lowest BCUT2D eigenvalue weighted by molar-refractivity contribution is -0.129. The van der Waals surface area contributed by atoms with E-state index >= 15 is 0 Å². The Labute approximate surface area is 179 Å². The minimum Gasteiger partial charge on any atom is -0.481 e. The number of hydrogen-bond acceptors (Lipinski definition) is 3. The first-order valence-corrected chi connectivity index (χ1v) is 10.8. The fraction of sp³-hybridized carbons (Fsp3) is 0.458. The molecule has 0 spiro atoms. The van der Waals surface area contributed by atoms with Crippen LogP contribution in [0.25, 0.3) is 0 Å². The zero-order chi connectivity index (χ0) is 20.8. The molecule has 2 aromatic carbocycles. The maximum atomic E-state index is 13.0. The van der Waals surface area contributed by atoms with Crippen LogP contribution in [-0.2, 0) is 17.6 Å². The quantitative estimate of drug-likeness (QED) is 0.641. The molecule has 0 bridgehead atoms. The second-order valence-corrected chi connectivity index (χ2v) is 8.44. The maximum Gasteiger partial charge on any atom is 0.261 e. The van der Waals surface area contributed by atoms with E-state index in [9.17, 15) is 4.79 Å². The third-order valence-electron chi connectivity index (χ3n) is 5.47. The van der Waals surface area contributed by atoms with Crippen LogP contribution in [0.5, 0.6) is 5.75 Å². The summed E-state index contributed by atoms with van der Waals surface area (Å²) in [5.41, 5.74) is 3.81. The van der Waals surface area contributed by atoms with Gasteiger partial charge >= 0.3 is 0 Å². The fourth-order valence-corrected chi connectivity index (χ4v) is 3.90. The number of aryl methyl sites for hydroxylation is 2. The average molecular weight is 415 g/mol. The van der Waals surface area contributed by atoms with Gasteiger partial charge in [-0.2, -0.15) is 0 Å². The van der Waals surface area contributed by atoms with Crippen molar-refractivity contribution in [3.8, 4) is 5.75 Å². The van der Waals surface area contributed by atoms with Gasteiger partial charge in [0.25, 0.3) is 5.91 Å². The Hall–Kier alpha value is -2.04. The highest BCUT2D eigenvalue weighted by Crippen LogP contribution is 2.27. The molecule has 0 radical (unpaired) electrons. The molecule has 1 aliphatic carbocycles. The van der Waals surface area contributed by atoms with Gasteiger partial charge < -0.3 is 15.0 Å². The number of amides is 1. The van der Waals surface area contributed by atoms with Crippen LogP contribution < -0.4 is 10.1 Å². The molecule has 29 heavy (non-hydrogen) atoms. The lowest BCUT2D eigenvalue weighted by Gasteiger charge is -2.24. The number of ether oxygens (including phenoxy) is 1. The first kappa shape index (κ1) is 21.7. The molecule has 2 atom stereocenters. The van der Waals surface area contributed by atoms with E-state index in [1.165, 1.54) is 17.5 Å². The van der Waals surface area contributed by atoms with E-state index in [4.69, 9.17) is 16.3 Å². The fourth-order valence-electron chi connectivity index (χ4n) is 3.78. The Morgan fingerprint density at radius 3 is 2.55 bits per heavy atom. The van der Waals surface area contributed by atoms with E-state index < -0.39 is 6.10 Å². The number of carbonyl (C=O) groups excluding carboxylic acids is 1.